The van der Waals surface area contributed by atoms with Crippen LogP contribution in [0.3, 0.4) is 0 Å². The number of esters is 1. The van der Waals surface area contributed by atoms with Crippen molar-refractivity contribution in [2.75, 3.05) is 7.05 Å². The van der Waals surface area contributed by atoms with Gasteiger partial charge in [0.1, 0.15) is 18.0 Å². The number of alkyl halides is 2. The van der Waals surface area contributed by atoms with Gasteiger partial charge in [-0.15, -0.1) is 0 Å². The lowest BCUT2D eigenvalue weighted by Gasteiger charge is -2.20. The summed E-state index contributed by atoms with van der Waals surface area (Å²) in [7, 11) is 1.70. The Kier molecular flexibility index (Phi) is 3.60. The van der Waals surface area contributed by atoms with Crippen LogP contribution in [0, 0.1) is 0 Å². The fourth-order valence-corrected chi connectivity index (χ4v) is 2.07. The molecule has 0 aromatic carbocycles. The Morgan fingerprint density at radius 1 is 1.67 bits per heavy atom. The first-order valence-electron chi connectivity index (χ1n) is 5.69. The average molecular weight is 259 g/mol. The quantitative estimate of drug-likeness (QED) is 0.767. The molecule has 7 heteroatoms. The van der Waals surface area contributed by atoms with Crippen molar-refractivity contribution in [3.05, 3.63) is 18.2 Å². The Hall–Kier alpha value is -1.50. The second kappa shape index (κ2) is 5.01. The van der Waals surface area contributed by atoms with Crippen LogP contribution in [0.15, 0.2) is 12.4 Å². The van der Waals surface area contributed by atoms with Crippen molar-refractivity contribution in [1.82, 2.24) is 14.5 Å². The molecule has 1 saturated heterocycles. The molecule has 0 bridgehead atoms. The van der Waals surface area contributed by atoms with E-state index >= 15 is 0 Å². The molecule has 0 aliphatic carbocycles. The SMILES string of the molecule is C[C@H]1C[C@@H](N(C)Cc2nccn2C(F)F)C(=O)O1. The smallest absolute Gasteiger partial charge is 0.323 e. The predicted octanol–water partition coefficient (Wildman–Crippen LogP) is 1.41. The fourth-order valence-electron chi connectivity index (χ4n) is 2.07. The van der Waals surface area contributed by atoms with E-state index in [1.54, 1.807) is 11.9 Å². The number of cyclic esters (lactones) is 1. The summed E-state index contributed by atoms with van der Waals surface area (Å²) in [6.45, 7) is -0.624. The third-order valence-electron chi connectivity index (χ3n) is 3.03. The molecule has 0 spiro atoms. The summed E-state index contributed by atoms with van der Waals surface area (Å²) in [5, 5.41) is 0. The summed E-state index contributed by atoms with van der Waals surface area (Å²) in [4.78, 5) is 17.1. The summed E-state index contributed by atoms with van der Waals surface area (Å²) < 4.78 is 31.1. The number of carbonyl (C=O) groups is 1. The van der Waals surface area contributed by atoms with E-state index in [9.17, 15) is 13.6 Å². The van der Waals surface area contributed by atoms with Crippen LogP contribution >= 0.6 is 0 Å². The zero-order chi connectivity index (χ0) is 13.3. The van der Waals surface area contributed by atoms with Crippen molar-refractivity contribution < 1.29 is 18.3 Å². The monoisotopic (exact) mass is 259 g/mol. The maximum Gasteiger partial charge on any atom is 0.323 e. The van der Waals surface area contributed by atoms with Gasteiger partial charge < -0.3 is 4.74 Å². The number of halogens is 2. The maximum atomic E-state index is 12.6. The van der Waals surface area contributed by atoms with Gasteiger partial charge in [0.15, 0.2) is 0 Å². The molecule has 1 aliphatic rings. The number of ether oxygens (including phenoxy) is 1. The van der Waals surface area contributed by atoms with Crippen molar-refractivity contribution in [3.8, 4) is 0 Å². The minimum absolute atomic E-state index is 0.125. The number of aromatic nitrogens is 2. The average Bonchev–Trinajstić information content (AvgIpc) is 2.85. The normalized spacial score (nSPS) is 24.0. The van der Waals surface area contributed by atoms with E-state index in [1.165, 1.54) is 12.4 Å². The lowest BCUT2D eigenvalue weighted by atomic mass is 10.1. The molecule has 1 aromatic rings. The molecule has 100 valence electrons. The Balaban J connectivity index is 2.05. The molecule has 5 nitrogen and oxygen atoms in total. The number of imidazole rings is 1. The molecular formula is C11H15F2N3O2. The third-order valence-corrected chi connectivity index (χ3v) is 3.03. The second-order valence-electron chi connectivity index (χ2n) is 4.44. The first-order valence-corrected chi connectivity index (χ1v) is 5.69. The Bertz CT molecular complexity index is 436. The highest BCUT2D eigenvalue weighted by Crippen LogP contribution is 2.21. The van der Waals surface area contributed by atoms with E-state index in [0.717, 1.165) is 4.57 Å². The van der Waals surface area contributed by atoms with Crippen molar-refractivity contribution in [1.29, 1.82) is 0 Å². The number of carbonyl (C=O) groups excluding carboxylic acids is 1. The standard InChI is InChI=1S/C11H15F2N3O2/c1-7-5-8(10(17)18-7)15(2)6-9-14-3-4-16(9)11(12)13/h3-4,7-8,11H,5-6H2,1-2H3/t7-,8+/m0/s1. The molecule has 1 fully saturated rings. The highest BCUT2D eigenvalue weighted by molar-refractivity contribution is 5.77. The van der Waals surface area contributed by atoms with Gasteiger partial charge in [-0.1, -0.05) is 0 Å². The highest BCUT2D eigenvalue weighted by Gasteiger charge is 2.35. The van der Waals surface area contributed by atoms with Gasteiger partial charge in [0.05, 0.1) is 6.54 Å². The molecule has 1 aromatic heterocycles. The first-order chi connectivity index (χ1) is 8.49. The molecule has 0 unspecified atom stereocenters. The molecule has 0 radical (unpaired) electrons. The van der Waals surface area contributed by atoms with Gasteiger partial charge in [-0.25, -0.2) is 4.98 Å². The van der Waals surface area contributed by atoms with Crippen molar-refractivity contribution in [2.24, 2.45) is 0 Å². The molecule has 2 atom stereocenters. The second-order valence-corrected chi connectivity index (χ2v) is 4.44. The predicted molar refractivity (Wildman–Crippen MR) is 58.9 cm³/mol. The van der Waals surface area contributed by atoms with Gasteiger partial charge >= 0.3 is 12.5 Å². The van der Waals surface area contributed by atoms with Crippen molar-refractivity contribution in [3.63, 3.8) is 0 Å². The Morgan fingerprint density at radius 3 is 2.94 bits per heavy atom. The molecule has 2 rings (SSSR count). The van der Waals surface area contributed by atoms with Crippen LogP contribution in [0.2, 0.25) is 0 Å². The Labute approximate surface area is 103 Å². The number of nitrogens with zero attached hydrogens (tertiary/aromatic N) is 3. The van der Waals surface area contributed by atoms with E-state index in [1.807, 2.05) is 6.92 Å². The number of rotatable bonds is 4. The first kappa shape index (κ1) is 12.9. The van der Waals surface area contributed by atoms with Gasteiger partial charge in [0, 0.05) is 18.8 Å². The van der Waals surface area contributed by atoms with E-state index in [4.69, 9.17) is 4.74 Å². The summed E-state index contributed by atoms with van der Waals surface area (Å²) in [6, 6.07) is -0.386. The Morgan fingerprint density at radius 2 is 2.39 bits per heavy atom. The van der Waals surface area contributed by atoms with Crippen LogP contribution in [0.25, 0.3) is 0 Å². The number of hydrogen-bond donors (Lipinski definition) is 0. The fraction of sp³-hybridized carbons (Fsp3) is 0.636. The van der Waals surface area contributed by atoms with Crippen LogP contribution in [-0.4, -0.2) is 39.6 Å². The zero-order valence-corrected chi connectivity index (χ0v) is 10.2. The molecule has 0 amide bonds. The summed E-state index contributed by atoms with van der Waals surface area (Å²) >= 11 is 0. The molecule has 0 saturated carbocycles. The molecular weight excluding hydrogens is 244 g/mol. The van der Waals surface area contributed by atoms with Crippen molar-refractivity contribution in [2.45, 2.75) is 38.6 Å². The van der Waals surface area contributed by atoms with Gasteiger partial charge in [0.25, 0.3) is 0 Å². The minimum atomic E-state index is -2.62. The summed E-state index contributed by atoms with van der Waals surface area (Å²) in [6.07, 6.45) is 3.00. The maximum absolute atomic E-state index is 12.6. The van der Waals surface area contributed by atoms with Crippen LogP contribution in [0.4, 0.5) is 8.78 Å². The molecule has 0 N–H and O–H groups in total. The topological polar surface area (TPSA) is 47.4 Å². The van der Waals surface area contributed by atoms with Gasteiger partial charge in [-0.2, -0.15) is 8.78 Å². The van der Waals surface area contributed by atoms with E-state index in [2.05, 4.69) is 4.98 Å². The van der Waals surface area contributed by atoms with Gasteiger partial charge in [-0.05, 0) is 14.0 Å². The molecule has 1 aliphatic heterocycles. The lowest BCUT2D eigenvalue weighted by molar-refractivity contribution is -0.144. The van der Waals surface area contributed by atoms with Crippen LogP contribution in [0.1, 0.15) is 25.7 Å². The van der Waals surface area contributed by atoms with Crippen LogP contribution in [0.5, 0.6) is 0 Å². The lowest BCUT2D eigenvalue weighted by Crippen LogP contribution is -2.35. The van der Waals surface area contributed by atoms with Crippen LogP contribution < -0.4 is 0 Å². The highest BCUT2D eigenvalue weighted by atomic mass is 19.3. The largest absolute Gasteiger partial charge is 0.461 e. The van der Waals surface area contributed by atoms with E-state index in [0.29, 0.717) is 6.42 Å². The number of hydrogen-bond acceptors (Lipinski definition) is 4. The van der Waals surface area contributed by atoms with Gasteiger partial charge in [-0.3, -0.25) is 14.3 Å². The van der Waals surface area contributed by atoms with E-state index < -0.39 is 6.55 Å². The molecule has 2 heterocycles. The van der Waals surface area contributed by atoms with Crippen LogP contribution in [-0.2, 0) is 16.1 Å². The van der Waals surface area contributed by atoms with Crippen molar-refractivity contribution >= 4 is 5.97 Å². The van der Waals surface area contributed by atoms with E-state index in [-0.39, 0.29) is 30.5 Å². The summed E-state index contributed by atoms with van der Waals surface area (Å²) in [5.41, 5.74) is 0. The molecule has 18 heavy (non-hydrogen) atoms. The number of likely N-dealkylation sites (N-methyl/N-ethyl adjacent to an activating group) is 1. The van der Waals surface area contributed by atoms with Gasteiger partial charge in [0.2, 0.25) is 0 Å². The third kappa shape index (κ3) is 2.50. The zero-order valence-electron chi connectivity index (χ0n) is 10.2. The minimum Gasteiger partial charge on any atom is -0.461 e. The summed E-state index contributed by atoms with van der Waals surface area (Å²) in [5.74, 6) is -0.0694.